The third-order valence-corrected chi connectivity index (χ3v) is 16.7. The van der Waals surface area contributed by atoms with Gasteiger partial charge in [-0.1, -0.05) is 103 Å². The molecule has 6 N–H and O–H groups in total. The molecule has 18 nitrogen and oxygen atoms in total. The molecule has 15 atom stereocenters. The van der Waals surface area contributed by atoms with Crippen LogP contribution < -0.4 is 21.8 Å². The number of allylic oxidation sites excluding steroid dienone is 7. The molecule has 0 unspecified atom stereocenters. The van der Waals surface area contributed by atoms with Crippen molar-refractivity contribution in [3.8, 4) is 5.75 Å². The van der Waals surface area contributed by atoms with Crippen molar-refractivity contribution in [3.05, 3.63) is 89.3 Å². The van der Waals surface area contributed by atoms with Gasteiger partial charge in [-0.25, -0.2) is 5.43 Å². The zero-order valence-corrected chi connectivity index (χ0v) is 48.9. The molecular weight excluding hydrogens is 1020 g/mol. The fourth-order valence-electron chi connectivity index (χ4n) is 11.7. The summed E-state index contributed by atoms with van der Waals surface area (Å²) in [4.78, 5) is 95.5. The standard InChI is InChI=1S/C62H89N5O13/c1-12-44(57(63)71)31-38(6)55-41(9)54(70)39(7)52(77-55)34-51(76-42(10)68)37(5)22-16-13-15-21-36(4)49-26-17-14-18-27-50-40(8)56-46(28-29-62(11,79-50)80-56)58(72)65-53(35(2)3)59(73)64-48(33-43-23-19-24-45(69)32-43)60(74)67-30-20-25-47(66-67)61(75)78-49/h13-15,17-19,21,23-24,27,32,35,37-40,44,46-53,56,66,69H,12,16,20,22,25-26,28-31,33-34H2,1-11H3,(H2,63,71)(H,64,73)(H,65,72)/b15-13+,17-14+,27-18+,36-21+/t37-,38-,39-,40+,44+,46+,47-,48+,49+,50-,51-,52-,53+,56+,62+/m0/s1. The van der Waals surface area contributed by atoms with Crippen molar-refractivity contribution in [2.24, 2.45) is 47.2 Å². The van der Waals surface area contributed by atoms with Crippen molar-refractivity contribution in [1.29, 1.82) is 0 Å². The van der Waals surface area contributed by atoms with Crippen LogP contribution in [0.4, 0.5) is 0 Å². The Labute approximate surface area is 473 Å². The molecule has 5 aliphatic heterocycles. The van der Waals surface area contributed by atoms with Crippen molar-refractivity contribution in [1.82, 2.24) is 21.1 Å². The minimum atomic E-state index is -1.14. The van der Waals surface area contributed by atoms with E-state index >= 15 is 0 Å². The summed E-state index contributed by atoms with van der Waals surface area (Å²) in [5.74, 6) is -5.48. The summed E-state index contributed by atoms with van der Waals surface area (Å²) in [6.07, 6.45) is 15.4. The van der Waals surface area contributed by atoms with E-state index in [9.17, 15) is 38.7 Å². The Hall–Kier alpha value is -6.11. The number of cyclic esters (lactones) is 1. The zero-order valence-electron chi connectivity index (χ0n) is 48.9. The summed E-state index contributed by atoms with van der Waals surface area (Å²) in [6, 6.07) is 3.40. The molecule has 3 fully saturated rings. The number of primary amides is 1. The second-order valence-corrected chi connectivity index (χ2v) is 23.5. The molecule has 0 aromatic heterocycles. The van der Waals surface area contributed by atoms with Crippen molar-refractivity contribution in [3.63, 3.8) is 0 Å². The lowest BCUT2D eigenvalue weighted by Gasteiger charge is -2.51. The molecule has 0 saturated carbocycles. The minimum Gasteiger partial charge on any atom is -0.508 e. The van der Waals surface area contributed by atoms with Gasteiger partial charge in [-0.2, -0.15) is 0 Å². The number of carbonyl (C=O) groups excluding carboxylic acids is 7. The van der Waals surface area contributed by atoms with Crippen LogP contribution in [0.3, 0.4) is 0 Å². The lowest BCUT2D eigenvalue weighted by atomic mass is 9.79. The first-order valence-corrected chi connectivity index (χ1v) is 29.0. The highest BCUT2D eigenvalue weighted by molar-refractivity contribution is 5.98. The highest BCUT2D eigenvalue weighted by Gasteiger charge is 2.52. The lowest BCUT2D eigenvalue weighted by molar-refractivity contribution is -0.344. The molecule has 5 aliphatic rings. The Bertz CT molecular complexity index is 2550. The summed E-state index contributed by atoms with van der Waals surface area (Å²) in [7, 11) is 0. The fourth-order valence-corrected chi connectivity index (χ4v) is 11.7. The number of nitrogens with two attached hydrogens (primary N) is 1. The van der Waals surface area contributed by atoms with Crippen LogP contribution in [-0.2, 0) is 63.7 Å². The number of phenolic OH excluding ortho intramolecular Hbond substituents is 1. The molecule has 440 valence electrons. The summed E-state index contributed by atoms with van der Waals surface area (Å²) in [5.41, 5.74) is 10.6. The number of Topliss-reactive ketones (excluding diaryl/α,β-unsaturated/α-hetero) is 1. The number of hydrogen-bond acceptors (Lipinski definition) is 14. The predicted molar refractivity (Wildman–Crippen MR) is 301 cm³/mol. The number of ketones is 1. The van der Waals surface area contributed by atoms with Gasteiger partial charge in [-0.05, 0) is 101 Å². The van der Waals surface area contributed by atoms with Gasteiger partial charge in [-0.15, -0.1) is 0 Å². The molecule has 0 aliphatic carbocycles. The van der Waals surface area contributed by atoms with E-state index in [1.807, 2.05) is 105 Å². The van der Waals surface area contributed by atoms with E-state index < -0.39 is 90.0 Å². The third kappa shape index (κ3) is 16.5. The number of fused-ring (bicyclic) bond motifs is 4. The number of benzene rings is 1. The molecule has 18 heteroatoms. The molecular formula is C62H89N5O13. The largest absolute Gasteiger partial charge is 0.508 e. The van der Waals surface area contributed by atoms with Crippen molar-refractivity contribution in [2.75, 3.05) is 6.54 Å². The maximum absolute atomic E-state index is 14.6. The monoisotopic (exact) mass is 1110 g/mol. The number of nitrogens with zero attached hydrogens (tertiary/aromatic N) is 1. The molecule has 0 spiro atoms. The lowest BCUT2D eigenvalue weighted by Crippen LogP contribution is -2.63. The van der Waals surface area contributed by atoms with Gasteiger partial charge in [0.05, 0.1) is 24.0 Å². The van der Waals surface area contributed by atoms with E-state index in [1.165, 1.54) is 24.1 Å². The number of esters is 2. The van der Waals surface area contributed by atoms with Gasteiger partial charge in [0.1, 0.15) is 47.9 Å². The number of aromatic hydroxyl groups is 1. The average Bonchev–Trinajstić information content (AvgIpc) is 3.55. The number of nitrogens with one attached hydrogen (secondary N) is 3. The number of ether oxygens (including phenoxy) is 5. The van der Waals surface area contributed by atoms with Gasteiger partial charge in [-0.3, -0.25) is 38.6 Å². The first-order chi connectivity index (χ1) is 37.9. The SMILES string of the molecule is CC[C@H](C[C@H](C)C1=C(C)C(=O)[C@@H](C)[C@H](C[C@H](OC(C)=O)[C@@H](C)CC/C=C/C=C(\C)[C@H]2C/C=C/C=C/[C@@H]3O[C@@]4(C)CC[C@@H](C(=O)N[C@H](C(C)C)C(=O)N[C@H](Cc5cccc(O)c5)C(=O)N5CCC[C@H](N5)C(=O)O2)[C@H](O4)[C@@H]3C)O1)C(N)=O. The highest BCUT2D eigenvalue weighted by Crippen LogP contribution is 2.44. The first kappa shape index (κ1) is 63.1. The van der Waals surface area contributed by atoms with Crippen LogP contribution in [0.5, 0.6) is 5.75 Å². The van der Waals surface area contributed by atoms with Crippen molar-refractivity contribution >= 4 is 41.4 Å². The Morgan fingerprint density at radius 2 is 1.75 bits per heavy atom. The van der Waals surface area contributed by atoms with Gasteiger partial charge in [0.15, 0.2) is 11.6 Å². The van der Waals surface area contributed by atoms with Gasteiger partial charge in [0.25, 0.3) is 5.91 Å². The second-order valence-electron chi connectivity index (χ2n) is 23.5. The van der Waals surface area contributed by atoms with E-state index in [0.717, 1.165) is 5.57 Å². The summed E-state index contributed by atoms with van der Waals surface area (Å²) in [6.45, 7) is 20.4. The molecule has 80 heavy (non-hydrogen) atoms. The first-order valence-electron chi connectivity index (χ1n) is 29.0. The van der Waals surface area contributed by atoms with Crippen LogP contribution in [0, 0.1) is 41.4 Å². The zero-order chi connectivity index (χ0) is 58.6. The van der Waals surface area contributed by atoms with Crippen molar-refractivity contribution in [2.45, 2.75) is 201 Å². The normalized spacial score (nSPS) is 31.6. The van der Waals surface area contributed by atoms with E-state index in [-0.39, 0.29) is 65.9 Å². The van der Waals surface area contributed by atoms with E-state index in [1.54, 1.807) is 19.1 Å². The molecule has 5 bridgehead atoms. The topological polar surface area (TPSA) is 251 Å². The van der Waals surface area contributed by atoms with Crippen LogP contribution in [0.1, 0.15) is 146 Å². The highest BCUT2D eigenvalue weighted by atomic mass is 16.7. The second kappa shape index (κ2) is 28.5. The Balaban J connectivity index is 1.21. The number of carbonyl (C=O) groups is 7. The van der Waals surface area contributed by atoms with Crippen molar-refractivity contribution < 1.29 is 62.4 Å². The fraction of sp³-hybridized carbons (Fsp3) is 0.629. The molecule has 1 aromatic carbocycles. The molecule has 0 radical (unpaired) electrons. The predicted octanol–water partition coefficient (Wildman–Crippen LogP) is 7.69. The molecule has 3 saturated heterocycles. The third-order valence-electron chi connectivity index (χ3n) is 16.7. The average molecular weight is 1110 g/mol. The van der Waals surface area contributed by atoms with E-state index in [0.29, 0.717) is 81.1 Å². The van der Waals surface area contributed by atoms with Gasteiger partial charge in [0.2, 0.25) is 17.7 Å². The maximum Gasteiger partial charge on any atom is 0.325 e. The van der Waals surface area contributed by atoms with E-state index in [4.69, 9.17) is 29.4 Å². The quantitative estimate of drug-likeness (QED) is 0.0741. The molecule has 6 rings (SSSR count). The van der Waals surface area contributed by atoms with Crippen LogP contribution in [0.15, 0.2) is 83.7 Å². The maximum atomic E-state index is 14.6. The van der Waals surface area contributed by atoms with Gasteiger partial charge < -0.3 is 45.2 Å². The molecule has 1 aromatic rings. The summed E-state index contributed by atoms with van der Waals surface area (Å²) >= 11 is 0. The van der Waals surface area contributed by atoms with Crippen LogP contribution >= 0.6 is 0 Å². The Morgan fingerprint density at radius 1 is 1.00 bits per heavy atom. The molecule has 5 heterocycles. The van der Waals surface area contributed by atoms with Gasteiger partial charge in [0, 0.05) is 62.5 Å². The smallest absolute Gasteiger partial charge is 0.325 e. The van der Waals surface area contributed by atoms with Crippen LogP contribution in [-0.4, -0.2) is 112 Å². The van der Waals surface area contributed by atoms with Crippen LogP contribution in [0.25, 0.3) is 0 Å². The number of hydrogen-bond donors (Lipinski definition) is 5. The Morgan fingerprint density at radius 3 is 2.44 bits per heavy atom. The summed E-state index contributed by atoms with van der Waals surface area (Å²) < 4.78 is 31.7. The van der Waals surface area contributed by atoms with Crippen LogP contribution in [0.2, 0.25) is 0 Å². The Kier molecular flexibility index (Phi) is 22.5. The molecule has 4 amide bonds. The van der Waals surface area contributed by atoms with Gasteiger partial charge >= 0.3 is 11.9 Å². The van der Waals surface area contributed by atoms with E-state index in [2.05, 4.69) is 16.1 Å². The minimum absolute atomic E-state index is 0.00390. The number of phenols is 1. The number of rotatable bonds is 17. The summed E-state index contributed by atoms with van der Waals surface area (Å²) in [5, 5.41) is 17.6. The number of hydrazine groups is 1. The number of amides is 4.